The molecular weight excluding hydrogens is 549 g/mol. The smallest absolute Gasteiger partial charge is 0.254 e. The fourth-order valence-electron chi connectivity index (χ4n) is 5.23. The average Bonchev–Trinajstić information content (AvgIpc) is 3.28. The maximum atomic E-state index is 14.1. The Morgan fingerprint density at radius 3 is 2.80 bits per heavy atom. The van der Waals surface area contributed by atoms with Crippen molar-refractivity contribution in [2.45, 2.75) is 51.2 Å². The van der Waals surface area contributed by atoms with Crippen LogP contribution in [0.25, 0.3) is 11.3 Å². The third kappa shape index (κ3) is 6.77. The Hall–Kier alpha value is -3.76. The zero-order chi connectivity index (χ0) is 28.9. The number of nitrogens with zero attached hydrogens (tertiary/aromatic N) is 3. The molecule has 5 rings (SSSR count). The van der Waals surface area contributed by atoms with Crippen LogP contribution < -0.4 is 15.4 Å². The second-order valence-corrected chi connectivity index (χ2v) is 10.7. The van der Waals surface area contributed by atoms with Gasteiger partial charge in [-0.05, 0) is 48.6 Å². The van der Waals surface area contributed by atoms with Crippen LogP contribution in [0, 0.1) is 5.82 Å². The van der Waals surface area contributed by atoms with E-state index in [-0.39, 0.29) is 24.4 Å². The number of anilines is 1. The molecule has 3 aromatic rings. The van der Waals surface area contributed by atoms with Crippen molar-refractivity contribution in [1.29, 1.82) is 0 Å². The molecule has 0 bridgehead atoms. The summed E-state index contributed by atoms with van der Waals surface area (Å²) in [6, 6.07) is 9.71. The van der Waals surface area contributed by atoms with Crippen LogP contribution in [0.2, 0.25) is 5.02 Å². The van der Waals surface area contributed by atoms with Crippen LogP contribution in [-0.4, -0.2) is 59.6 Å². The number of benzene rings is 2. The second-order valence-electron chi connectivity index (χ2n) is 10.3. The molecule has 2 aliphatic heterocycles. The number of methoxy groups -OCH3 is 1. The first-order chi connectivity index (χ1) is 19.8. The molecule has 2 N–H and O–H groups in total. The third-order valence-corrected chi connectivity index (χ3v) is 7.62. The van der Waals surface area contributed by atoms with Crippen LogP contribution in [0.3, 0.4) is 0 Å². The number of hydrogen-bond donors (Lipinski definition) is 2. The number of carbonyl (C=O) groups excluding carboxylic acids is 2. The molecule has 2 amide bonds. The Morgan fingerprint density at radius 1 is 1.24 bits per heavy atom. The van der Waals surface area contributed by atoms with E-state index in [0.29, 0.717) is 65.3 Å². The van der Waals surface area contributed by atoms with E-state index in [1.807, 2.05) is 19.1 Å². The summed E-state index contributed by atoms with van der Waals surface area (Å²) in [5.74, 6) is -0.158. The quantitative estimate of drug-likeness (QED) is 0.341. The number of halogens is 2. The first-order valence-electron chi connectivity index (χ1n) is 13.8. The van der Waals surface area contributed by atoms with Crippen molar-refractivity contribution in [2.75, 3.05) is 32.2 Å². The van der Waals surface area contributed by atoms with Crippen LogP contribution in [0.5, 0.6) is 5.75 Å². The summed E-state index contributed by atoms with van der Waals surface area (Å²) >= 11 is 6.46. The van der Waals surface area contributed by atoms with Crippen molar-refractivity contribution in [3.8, 4) is 17.0 Å². The van der Waals surface area contributed by atoms with Crippen LogP contribution in [0.4, 0.5) is 10.3 Å². The lowest BCUT2D eigenvalue weighted by Crippen LogP contribution is -2.39. The molecule has 0 aliphatic carbocycles. The van der Waals surface area contributed by atoms with Crippen molar-refractivity contribution < 1.29 is 23.5 Å². The molecule has 1 fully saturated rings. The molecule has 1 saturated heterocycles. The van der Waals surface area contributed by atoms with Gasteiger partial charge in [-0.15, -0.1) is 0 Å². The Bertz CT molecular complexity index is 1430. The summed E-state index contributed by atoms with van der Waals surface area (Å²) in [6.07, 6.45) is 4.68. The highest BCUT2D eigenvalue weighted by molar-refractivity contribution is 6.33. The topological polar surface area (TPSA) is 106 Å². The highest BCUT2D eigenvalue weighted by atomic mass is 35.5. The van der Waals surface area contributed by atoms with Gasteiger partial charge in [0.05, 0.1) is 30.1 Å². The zero-order valence-electron chi connectivity index (χ0n) is 23.1. The normalized spacial score (nSPS) is 15.9. The van der Waals surface area contributed by atoms with E-state index in [0.717, 1.165) is 24.8 Å². The van der Waals surface area contributed by atoms with Gasteiger partial charge < -0.3 is 25.0 Å². The van der Waals surface area contributed by atoms with Gasteiger partial charge in [-0.1, -0.05) is 37.1 Å². The van der Waals surface area contributed by atoms with E-state index in [1.54, 1.807) is 18.3 Å². The van der Waals surface area contributed by atoms with Gasteiger partial charge in [-0.25, -0.2) is 14.4 Å². The first kappa shape index (κ1) is 28.8. The highest BCUT2D eigenvalue weighted by Crippen LogP contribution is 2.32. The lowest BCUT2D eigenvalue weighted by Gasteiger charge is -2.23. The van der Waals surface area contributed by atoms with E-state index < -0.39 is 11.9 Å². The van der Waals surface area contributed by atoms with Crippen molar-refractivity contribution in [3.63, 3.8) is 0 Å². The van der Waals surface area contributed by atoms with Gasteiger partial charge in [0.25, 0.3) is 5.91 Å². The van der Waals surface area contributed by atoms with E-state index >= 15 is 0 Å². The Balaban J connectivity index is 1.28. The van der Waals surface area contributed by atoms with Gasteiger partial charge in [0.1, 0.15) is 18.1 Å². The molecule has 1 aromatic heterocycles. The monoisotopic (exact) mass is 581 g/mol. The van der Waals surface area contributed by atoms with Gasteiger partial charge in [0.15, 0.2) is 0 Å². The molecular formula is C30H33ClFN5O4. The second kappa shape index (κ2) is 12.8. The number of aromatic nitrogens is 2. The van der Waals surface area contributed by atoms with Crippen molar-refractivity contribution >= 4 is 29.4 Å². The van der Waals surface area contributed by atoms with Crippen molar-refractivity contribution in [1.82, 2.24) is 20.2 Å². The fourth-order valence-corrected chi connectivity index (χ4v) is 5.43. The van der Waals surface area contributed by atoms with Gasteiger partial charge >= 0.3 is 0 Å². The summed E-state index contributed by atoms with van der Waals surface area (Å²) in [6.45, 7) is 3.56. The van der Waals surface area contributed by atoms with Crippen molar-refractivity contribution in [2.24, 2.45) is 0 Å². The summed E-state index contributed by atoms with van der Waals surface area (Å²) < 4.78 is 24.7. The van der Waals surface area contributed by atoms with Crippen LogP contribution in [0.1, 0.15) is 60.1 Å². The van der Waals surface area contributed by atoms with Crippen LogP contribution in [-0.2, 0) is 16.1 Å². The minimum Gasteiger partial charge on any atom is -0.497 e. The molecule has 0 spiro atoms. The molecule has 3 heterocycles. The number of ether oxygens (including phenoxy) is 2. The predicted molar refractivity (Wildman–Crippen MR) is 153 cm³/mol. The number of carbonyl (C=O) groups is 2. The molecule has 9 nitrogen and oxygen atoms in total. The minimum atomic E-state index is -0.439. The highest BCUT2D eigenvalue weighted by Gasteiger charge is 2.30. The van der Waals surface area contributed by atoms with Crippen LogP contribution in [0.15, 0.2) is 42.6 Å². The molecule has 1 atom stereocenters. The molecule has 216 valence electrons. The summed E-state index contributed by atoms with van der Waals surface area (Å²) in [5.41, 5.74) is 3.15. The Kier molecular flexibility index (Phi) is 8.99. The number of amides is 2. The number of fused-ring (bicyclic) bond motifs is 1. The van der Waals surface area contributed by atoms with Crippen molar-refractivity contribution in [3.05, 3.63) is 70.1 Å². The standard InChI is InChI=1S/C30H33ClFN5O4/c1-3-4-26(20-11-21(32)14-23(12-20)40-2)35-27(38)17-37-16-19-6-5-18(13-24(19)29(37)39)28-25(31)15-33-30(36-28)34-22-7-9-41-10-8-22/h5-6,11-15,22,26H,3-4,7-10,16-17H2,1-2H3,(H,35,38)(H,33,34,36). The third-order valence-electron chi connectivity index (χ3n) is 7.34. The molecule has 2 aliphatic rings. The van der Waals surface area contributed by atoms with E-state index in [9.17, 15) is 14.0 Å². The maximum absolute atomic E-state index is 14.1. The van der Waals surface area contributed by atoms with E-state index in [4.69, 9.17) is 21.1 Å². The van der Waals surface area contributed by atoms with Gasteiger partial charge in [0.2, 0.25) is 11.9 Å². The van der Waals surface area contributed by atoms with E-state index in [1.165, 1.54) is 24.1 Å². The first-order valence-corrected chi connectivity index (χ1v) is 14.2. The minimum absolute atomic E-state index is 0.122. The number of nitrogens with one attached hydrogen (secondary N) is 2. The lowest BCUT2D eigenvalue weighted by atomic mass is 10.0. The maximum Gasteiger partial charge on any atom is 0.254 e. The van der Waals surface area contributed by atoms with E-state index in [2.05, 4.69) is 20.6 Å². The fraction of sp³-hybridized carbons (Fsp3) is 0.400. The molecule has 0 radical (unpaired) electrons. The number of hydrogen-bond acceptors (Lipinski definition) is 7. The molecule has 2 aromatic carbocycles. The zero-order valence-corrected chi connectivity index (χ0v) is 23.8. The van der Waals surface area contributed by atoms with Gasteiger partial charge in [0, 0.05) is 43.0 Å². The summed E-state index contributed by atoms with van der Waals surface area (Å²) in [4.78, 5) is 36.8. The van der Waals surface area contributed by atoms with Gasteiger partial charge in [-0.3, -0.25) is 9.59 Å². The Morgan fingerprint density at radius 2 is 2.05 bits per heavy atom. The number of rotatable bonds is 10. The van der Waals surface area contributed by atoms with Crippen LogP contribution >= 0.6 is 11.6 Å². The predicted octanol–water partition coefficient (Wildman–Crippen LogP) is 5.15. The lowest BCUT2D eigenvalue weighted by molar-refractivity contribution is -0.122. The molecule has 11 heteroatoms. The average molecular weight is 582 g/mol. The molecule has 41 heavy (non-hydrogen) atoms. The Labute approximate surface area is 243 Å². The summed E-state index contributed by atoms with van der Waals surface area (Å²) in [7, 11) is 1.47. The van der Waals surface area contributed by atoms with Gasteiger partial charge in [-0.2, -0.15) is 0 Å². The molecule has 0 saturated carbocycles. The molecule has 1 unspecified atom stereocenters. The largest absolute Gasteiger partial charge is 0.497 e. The summed E-state index contributed by atoms with van der Waals surface area (Å²) in [5, 5.41) is 6.69. The SMILES string of the molecule is CCCC(NC(=O)CN1Cc2ccc(-c3nc(NC4CCOCC4)ncc3Cl)cc2C1=O)c1cc(F)cc(OC)c1.